The van der Waals surface area contributed by atoms with E-state index in [1.54, 1.807) is 0 Å². The average Bonchev–Trinajstić information content (AvgIpc) is 2.27. The number of hydrogen-bond acceptors (Lipinski definition) is 2. The lowest BCUT2D eigenvalue weighted by atomic mass is 9.61. The zero-order chi connectivity index (χ0) is 11.8. The van der Waals surface area contributed by atoms with Crippen molar-refractivity contribution in [2.24, 2.45) is 17.3 Å². The van der Waals surface area contributed by atoms with Gasteiger partial charge in [-0.05, 0) is 37.0 Å². The molecule has 0 heterocycles. The maximum Gasteiger partial charge on any atom is 0.312 e. The summed E-state index contributed by atoms with van der Waals surface area (Å²) in [7, 11) is 1.50. The second kappa shape index (κ2) is 4.23. The molecule has 2 nitrogen and oxygen atoms in total. The van der Waals surface area contributed by atoms with Crippen LogP contribution in [0, 0.1) is 17.3 Å². The predicted octanol–water partition coefficient (Wildman–Crippen LogP) is 3.32. The fourth-order valence-electron chi connectivity index (χ4n) is 3.41. The van der Waals surface area contributed by atoms with Crippen LogP contribution in [0.1, 0.15) is 46.0 Å². The highest BCUT2D eigenvalue weighted by Crippen LogP contribution is 2.49. The molecule has 2 aliphatic rings. The lowest BCUT2D eigenvalue weighted by Crippen LogP contribution is -2.37. The van der Waals surface area contributed by atoms with Crippen LogP contribution in [-0.4, -0.2) is 13.1 Å². The van der Waals surface area contributed by atoms with E-state index in [0.29, 0.717) is 11.3 Å². The lowest BCUT2D eigenvalue weighted by molar-refractivity contribution is -0.145. The molecule has 2 aliphatic carbocycles. The molecule has 0 aromatic rings. The second-order valence-corrected chi connectivity index (χ2v) is 5.79. The van der Waals surface area contributed by atoms with Crippen molar-refractivity contribution in [2.45, 2.75) is 46.0 Å². The number of fused-ring (bicyclic) bond motifs is 1. The lowest BCUT2D eigenvalue weighted by Gasteiger charge is -2.44. The van der Waals surface area contributed by atoms with Gasteiger partial charge in [0.1, 0.15) is 0 Å². The molecule has 0 N–H and O–H groups in total. The highest BCUT2D eigenvalue weighted by atomic mass is 16.5. The van der Waals surface area contributed by atoms with E-state index in [-0.39, 0.29) is 11.9 Å². The number of hydrogen-bond donors (Lipinski definition) is 0. The maximum atomic E-state index is 11.8. The van der Waals surface area contributed by atoms with Gasteiger partial charge in [-0.25, -0.2) is 0 Å². The van der Waals surface area contributed by atoms with Crippen LogP contribution in [0.3, 0.4) is 0 Å². The standard InChI is InChI=1S/C14H22O2/c1-14(2)9-5-7-10-11(13(15)16-3)6-4-8-12(10)14/h7,11-12H,4-6,8-9H2,1-3H3. The number of methoxy groups -OCH3 is 1. The first-order chi connectivity index (χ1) is 7.56. The molecule has 0 aromatic carbocycles. The first-order valence-corrected chi connectivity index (χ1v) is 6.34. The second-order valence-electron chi connectivity index (χ2n) is 5.79. The van der Waals surface area contributed by atoms with Gasteiger partial charge in [-0.15, -0.1) is 0 Å². The average molecular weight is 222 g/mol. The van der Waals surface area contributed by atoms with E-state index in [2.05, 4.69) is 19.9 Å². The Bertz CT molecular complexity index is 315. The summed E-state index contributed by atoms with van der Waals surface area (Å²) in [6.07, 6.45) is 8.04. The highest BCUT2D eigenvalue weighted by molar-refractivity contribution is 5.76. The number of carbonyl (C=O) groups is 1. The summed E-state index contributed by atoms with van der Waals surface area (Å²) in [5, 5.41) is 0. The third kappa shape index (κ3) is 1.90. The predicted molar refractivity (Wildman–Crippen MR) is 63.9 cm³/mol. The number of allylic oxidation sites excluding steroid dienone is 1. The smallest absolute Gasteiger partial charge is 0.312 e. The summed E-state index contributed by atoms with van der Waals surface area (Å²) in [6.45, 7) is 4.68. The molecule has 0 saturated heterocycles. The number of rotatable bonds is 1. The minimum Gasteiger partial charge on any atom is -0.469 e. The summed E-state index contributed by atoms with van der Waals surface area (Å²) in [5.74, 6) is 0.607. The molecule has 1 fully saturated rings. The molecule has 1 saturated carbocycles. The molecule has 0 aromatic heterocycles. The Morgan fingerprint density at radius 1 is 1.44 bits per heavy atom. The third-order valence-electron chi connectivity index (χ3n) is 4.39. The van der Waals surface area contributed by atoms with Crippen molar-refractivity contribution in [2.75, 3.05) is 7.11 Å². The van der Waals surface area contributed by atoms with Crippen molar-refractivity contribution >= 4 is 5.97 Å². The molecule has 0 aliphatic heterocycles. The number of ether oxygens (including phenoxy) is 1. The van der Waals surface area contributed by atoms with Crippen LogP contribution in [0.5, 0.6) is 0 Å². The SMILES string of the molecule is COC(=O)C1CCCC2C1=CCCC2(C)C. The number of carbonyl (C=O) groups excluding carboxylic acids is 1. The third-order valence-corrected chi connectivity index (χ3v) is 4.39. The molecule has 0 radical (unpaired) electrons. The minimum atomic E-state index is -0.0337. The molecule has 2 unspecified atom stereocenters. The van der Waals surface area contributed by atoms with Gasteiger partial charge in [0.05, 0.1) is 13.0 Å². The van der Waals surface area contributed by atoms with Crippen LogP contribution in [0.15, 0.2) is 11.6 Å². The summed E-state index contributed by atoms with van der Waals surface area (Å²) in [6, 6.07) is 0. The zero-order valence-electron chi connectivity index (χ0n) is 10.6. The van der Waals surface area contributed by atoms with Gasteiger partial charge in [-0.3, -0.25) is 4.79 Å². The minimum absolute atomic E-state index is 0.0337. The van der Waals surface area contributed by atoms with Crippen molar-refractivity contribution in [3.05, 3.63) is 11.6 Å². The Kier molecular flexibility index (Phi) is 3.09. The Labute approximate surface area is 98.1 Å². The Morgan fingerprint density at radius 2 is 2.19 bits per heavy atom. The molecule has 2 rings (SSSR count). The quantitative estimate of drug-likeness (QED) is 0.502. The van der Waals surface area contributed by atoms with Gasteiger partial charge in [0, 0.05) is 0 Å². The molecule has 2 atom stereocenters. The molecular formula is C14H22O2. The molecule has 0 amide bonds. The van der Waals surface area contributed by atoms with Crippen molar-refractivity contribution < 1.29 is 9.53 Å². The van der Waals surface area contributed by atoms with Gasteiger partial charge in [0.25, 0.3) is 0 Å². The van der Waals surface area contributed by atoms with E-state index in [9.17, 15) is 4.79 Å². The van der Waals surface area contributed by atoms with Crippen LogP contribution < -0.4 is 0 Å². The van der Waals surface area contributed by atoms with Gasteiger partial charge in [-0.1, -0.05) is 31.9 Å². The van der Waals surface area contributed by atoms with E-state index in [4.69, 9.17) is 4.74 Å². The van der Waals surface area contributed by atoms with E-state index >= 15 is 0 Å². The Morgan fingerprint density at radius 3 is 2.88 bits per heavy atom. The van der Waals surface area contributed by atoms with Gasteiger partial charge in [0.15, 0.2) is 0 Å². The van der Waals surface area contributed by atoms with Gasteiger partial charge in [-0.2, -0.15) is 0 Å². The van der Waals surface area contributed by atoms with E-state index in [0.717, 1.165) is 19.3 Å². The molecule has 2 heteroatoms. The Balaban J connectivity index is 2.26. The molecule has 16 heavy (non-hydrogen) atoms. The van der Waals surface area contributed by atoms with E-state index in [1.807, 2.05) is 0 Å². The van der Waals surface area contributed by atoms with Gasteiger partial charge >= 0.3 is 5.97 Å². The molecule has 0 spiro atoms. The van der Waals surface area contributed by atoms with Gasteiger partial charge < -0.3 is 4.74 Å². The van der Waals surface area contributed by atoms with E-state index in [1.165, 1.54) is 25.5 Å². The van der Waals surface area contributed by atoms with Crippen LogP contribution in [-0.2, 0) is 9.53 Å². The number of esters is 1. The van der Waals surface area contributed by atoms with Crippen LogP contribution in [0.25, 0.3) is 0 Å². The topological polar surface area (TPSA) is 26.3 Å². The maximum absolute atomic E-state index is 11.8. The largest absolute Gasteiger partial charge is 0.469 e. The molecule has 0 bridgehead atoms. The highest BCUT2D eigenvalue weighted by Gasteiger charge is 2.41. The fraction of sp³-hybridized carbons (Fsp3) is 0.786. The van der Waals surface area contributed by atoms with Crippen molar-refractivity contribution in [3.8, 4) is 0 Å². The van der Waals surface area contributed by atoms with Crippen LogP contribution >= 0.6 is 0 Å². The van der Waals surface area contributed by atoms with Gasteiger partial charge in [0.2, 0.25) is 0 Å². The molecule has 90 valence electrons. The van der Waals surface area contributed by atoms with Crippen LogP contribution in [0.2, 0.25) is 0 Å². The van der Waals surface area contributed by atoms with Crippen molar-refractivity contribution in [1.82, 2.24) is 0 Å². The summed E-state index contributed by atoms with van der Waals surface area (Å²) in [4.78, 5) is 11.8. The normalized spacial score (nSPS) is 32.6. The Hall–Kier alpha value is -0.790. The summed E-state index contributed by atoms with van der Waals surface area (Å²) >= 11 is 0. The van der Waals surface area contributed by atoms with Crippen molar-refractivity contribution in [1.29, 1.82) is 0 Å². The fourth-order valence-corrected chi connectivity index (χ4v) is 3.41. The summed E-state index contributed by atoms with van der Waals surface area (Å²) < 4.78 is 4.93. The molecular weight excluding hydrogens is 200 g/mol. The van der Waals surface area contributed by atoms with Crippen LogP contribution in [0.4, 0.5) is 0 Å². The first kappa shape index (κ1) is 11.7. The summed E-state index contributed by atoms with van der Waals surface area (Å²) in [5.41, 5.74) is 1.73. The monoisotopic (exact) mass is 222 g/mol. The van der Waals surface area contributed by atoms with Crippen molar-refractivity contribution in [3.63, 3.8) is 0 Å². The van der Waals surface area contributed by atoms with E-state index < -0.39 is 0 Å². The zero-order valence-corrected chi connectivity index (χ0v) is 10.6. The first-order valence-electron chi connectivity index (χ1n) is 6.34.